The molecule has 3 nitrogen and oxygen atoms in total. The molecule has 3 heteroatoms. The predicted octanol–water partition coefficient (Wildman–Crippen LogP) is 4.30. The van der Waals surface area contributed by atoms with E-state index in [9.17, 15) is 4.79 Å². The largest absolute Gasteiger partial charge is 0.331 e. The lowest BCUT2D eigenvalue weighted by Gasteiger charge is -2.39. The number of aryl methyl sites for hydroxylation is 1. The van der Waals surface area contributed by atoms with Gasteiger partial charge in [0.2, 0.25) is 5.91 Å². The van der Waals surface area contributed by atoms with E-state index in [1.807, 2.05) is 12.3 Å². The molecule has 1 aromatic carbocycles. The Hall–Kier alpha value is -2.16. The van der Waals surface area contributed by atoms with Gasteiger partial charge in [-0.1, -0.05) is 43.7 Å². The molecule has 0 aliphatic carbocycles. The zero-order chi connectivity index (χ0) is 17.1. The van der Waals surface area contributed by atoms with E-state index in [-0.39, 0.29) is 17.9 Å². The molecule has 1 unspecified atom stereocenters. The predicted molar refractivity (Wildman–Crippen MR) is 96.7 cm³/mol. The van der Waals surface area contributed by atoms with Gasteiger partial charge in [-0.2, -0.15) is 0 Å². The van der Waals surface area contributed by atoms with Gasteiger partial charge in [-0.25, -0.2) is 0 Å². The van der Waals surface area contributed by atoms with Crippen LogP contribution in [0.5, 0.6) is 0 Å². The number of hydrogen-bond donors (Lipinski definition) is 0. The van der Waals surface area contributed by atoms with Crippen molar-refractivity contribution in [3.05, 3.63) is 65.0 Å². The zero-order valence-electron chi connectivity index (χ0n) is 14.8. The van der Waals surface area contributed by atoms with Crippen LogP contribution in [-0.2, 0) is 11.2 Å². The van der Waals surface area contributed by atoms with Gasteiger partial charge in [-0.3, -0.25) is 9.78 Å². The second kappa shape index (κ2) is 7.16. The Bertz CT molecular complexity index is 707. The van der Waals surface area contributed by atoms with Crippen molar-refractivity contribution in [2.45, 2.75) is 46.1 Å². The number of hydrogen-bond acceptors (Lipinski definition) is 2. The maximum absolute atomic E-state index is 13.1. The second-order valence-corrected chi connectivity index (χ2v) is 6.69. The lowest BCUT2D eigenvalue weighted by molar-refractivity contribution is -0.137. The Morgan fingerprint density at radius 3 is 2.75 bits per heavy atom. The van der Waals surface area contributed by atoms with Crippen LogP contribution in [0.2, 0.25) is 0 Å². The second-order valence-electron chi connectivity index (χ2n) is 6.69. The van der Waals surface area contributed by atoms with Gasteiger partial charge in [-0.05, 0) is 48.9 Å². The Morgan fingerprint density at radius 2 is 2.08 bits per heavy atom. The molecule has 0 radical (unpaired) electrons. The Balaban J connectivity index is 2.06. The zero-order valence-corrected chi connectivity index (χ0v) is 14.8. The fourth-order valence-electron chi connectivity index (χ4n) is 3.76. The first-order valence-electron chi connectivity index (χ1n) is 8.95. The summed E-state index contributed by atoms with van der Waals surface area (Å²) >= 11 is 0. The quantitative estimate of drug-likeness (QED) is 0.841. The van der Waals surface area contributed by atoms with E-state index in [0.717, 1.165) is 31.4 Å². The van der Waals surface area contributed by atoms with Gasteiger partial charge in [0.15, 0.2) is 0 Å². The normalized spacial score (nSPS) is 17.0. The molecule has 1 aliphatic rings. The third-order valence-electron chi connectivity index (χ3n) is 5.14. The molecule has 0 saturated carbocycles. The number of carbonyl (C=O) groups is 1. The minimum absolute atomic E-state index is 0.0175. The van der Waals surface area contributed by atoms with Crippen molar-refractivity contribution in [2.75, 3.05) is 6.54 Å². The van der Waals surface area contributed by atoms with Crippen LogP contribution in [0.3, 0.4) is 0 Å². The molecule has 2 heterocycles. The fourth-order valence-corrected chi connectivity index (χ4v) is 3.76. The summed E-state index contributed by atoms with van der Waals surface area (Å²) in [6, 6.07) is 10.6. The van der Waals surface area contributed by atoms with Gasteiger partial charge in [0.1, 0.15) is 0 Å². The lowest BCUT2D eigenvalue weighted by atomic mass is 9.86. The number of benzene rings is 1. The van der Waals surface area contributed by atoms with E-state index in [4.69, 9.17) is 0 Å². The van der Waals surface area contributed by atoms with Gasteiger partial charge in [0.25, 0.3) is 0 Å². The van der Waals surface area contributed by atoms with Crippen LogP contribution < -0.4 is 0 Å². The Kier molecular flexibility index (Phi) is 4.98. The summed E-state index contributed by atoms with van der Waals surface area (Å²) in [5.74, 6) is 0.385. The molecule has 0 saturated heterocycles. The molecule has 126 valence electrons. The number of amides is 1. The number of nitrogens with zero attached hydrogens (tertiary/aromatic N) is 2. The average molecular weight is 322 g/mol. The molecule has 1 amide bonds. The summed E-state index contributed by atoms with van der Waals surface area (Å²) in [6.45, 7) is 7.12. The van der Waals surface area contributed by atoms with E-state index in [1.165, 1.54) is 16.7 Å². The topological polar surface area (TPSA) is 33.2 Å². The SMILES string of the molecule is CCC(CC)C(=O)N1CCc2cc(C)ccc2C1c1cccnc1. The van der Waals surface area contributed by atoms with Crippen molar-refractivity contribution in [1.82, 2.24) is 9.88 Å². The number of pyridine rings is 1. The number of aromatic nitrogens is 1. The third-order valence-corrected chi connectivity index (χ3v) is 5.14. The highest BCUT2D eigenvalue weighted by molar-refractivity contribution is 5.80. The highest BCUT2D eigenvalue weighted by atomic mass is 16.2. The van der Waals surface area contributed by atoms with E-state index < -0.39 is 0 Å². The van der Waals surface area contributed by atoms with Gasteiger partial charge < -0.3 is 4.90 Å². The molecular formula is C21H26N2O. The summed E-state index contributed by atoms with van der Waals surface area (Å²) in [6.07, 6.45) is 6.40. The van der Waals surface area contributed by atoms with Crippen molar-refractivity contribution in [3.8, 4) is 0 Å². The highest BCUT2D eigenvalue weighted by Crippen LogP contribution is 2.36. The van der Waals surface area contributed by atoms with Crippen molar-refractivity contribution in [2.24, 2.45) is 5.92 Å². The first-order chi connectivity index (χ1) is 11.7. The third kappa shape index (κ3) is 3.08. The molecule has 0 fully saturated rings. The molecule has 1 atom stereocenters. The van der Waals surface area contributed by atoms with Crippen LogP contribution in [0.4, 0.5) is 0 Å². The van der Waals surface area contributed by atoms with E-state index in [0.29, 0.717) is 0 Å². The first-order valence-corrected chi connectivity index (χ1v) is 8.95. The van der Waals surface area contributed by atoms with Gasteiger partial charge >= 0.3 is 0 Å². The minimum Gasteiger partial charge on any atom is -0.331 e. The maximum atomic E-state index is 13.1. The summed E-state index contributed by atoms with van der Waals surface area (Å²) < 4.78 is 0. The fraction of sp³-hybridized carbons (Fsp3) is 0.429. The van der Waals surface area contributed by atoms with Crippen molar-refractivity contribution in [3.63, 3.8) is 0 Å². The maximum Gasteiger partial charge on any atom is 0.226 e. The standard InChI is InChI=1S/C21H26N2O/c1-4-16(5-2)21(24)23-12-10-17-13-15(3)8-9-19(17)20(23)18-7-6-11-22-14-18/h6-9,11,13-14,16,20H,4-5,10,12H2,1-3H3. The Morgan fingerprint density at radius 1 is 1.29 bits per heavy atom. The molecular weight excluding hydrogens is 296 g/mol. The van der Waals surface area contributed by atoms with Gasteiger partial charge in [0.05, 0.1) is 6.04 Å². The van der Waals surface area contributed by atoms with Crippen molar-refractivity contribution in [1.29, 1.82) is 0 Å². The van der Waals surface area contributed by atoms with Crippen LogP contribution in [0.25, 0.3) is 0 Å². The summed E-state index contributed by atoms with van der Waals surface area (Å²) in [5, 5.41) is 0. The van der Waals surface area contributed by atoms with E-state index >= 15 is 0 Å². The first kappa shape index (κ1) is 16.7. The van der Waals surface area contributed by atoms with Crippen LogP contribution in [0.1, 0.15) is 55.0 Å². The minimum atomic E-state index is -0.0175. The van der Waals surface area contributed by atoms with Crippen LogP contribution in [0.15, 0.2) is 42.7 Å². The summed E-state index contributed by atoms with van der Waals surface area (Å²) in [4.78, 5) is 19.5. The smallest absolute Gasteiger partial charge is 0.226 e. The molecule has 3 rings (SSSR count). The summed E-state index contributed by atoms with van der Waals surface area (Å²) in [5.41, 5.74) is 4.98. The Labute approximate surface area is 144 Å². The number of carbonyl (C=O) groups excluding carboxylic acids is 1. The highest BCUT2D eigenvalue weighted by Gasteiger charge is 2.34. The molecule has 1 aromatic heterocycles. The monoisotopic (exact) mass is 322 g/mol. The van der Waals surface area contributed by atoms with Gasteiger partial charge in [0, 0.05) is 24.9 Å². The lowest BCUT2D eigenvalue weighted by Crippen LogP contribution is -2.43. The van der Waals surface area contributed by atoms with Crippen molar-refractivity contribution < 1.29 is 4.79 Å². The summed E-state index contributed by atoms with van der Waals surface area (Å²) in [7, 11) is 0. The molecule has 0 spiro atoms. The van der Waals surface area contributed by atoms with Crippen LogP contribution >= 0.6 is 0 Å². The van der Waals surface area contributed by atoms with E-state index in [2.05, 4.69) is 54.9 Å². The van der Waals surface area contributed by atoms with E-state index in [1.54, 1.807) is 6.20 Å². The number of fused-ring (bicyclic) bond motifs is 1. The van der Waals surface area contributed by atoms with Crippen LogP contribution in [-0.4, -0.2) is 22.3 Å². The molecule has 1 aliphatic heterocycles. The van der Waals surface area contributed by atoms with Crippen molar-refractivity contribution >= 4 is 5.91 Å². The number of rotatable bonds is 4. The molecule has 2 aromatic rings. The molecule has 0 bridgehead atoms. The average Bonchev–Trinajstić information content (AvgIpc) is 2.62. The molecule has 24 heavy (non-hydrogen) atoms. The molecule has 0 N–H and O–H groups in total. The van der Waals surface area contributed by atoms with Crippen LogP contribution in [0, 0.1) is 12.8 Å². The van der Waals surface area contributed by atoms with Gasteiger partial charge in [-0.15, -0.1) is 0 Å².